The lowest BCUT2D eigenvalue weighted by atomic mass is 9.79. The van der Waals surface area contributed by atoms with Gasteiger partial charge in [-0.1, -0.05) is 106 Å². The van der Waals surface area contributed by atoms with Crippen LogP contribution < -0.4 is 10.1 Å². The van der Waals surface area contributed by atoms with Gasteiger partial charge in [-0.3, -0.25) is 19.5 Å². The fourth-order valence-electron chi connectivity index (χ4n) is 9.34. The number of anilines is 1. The van der Waals surface area contributed by atoms with Gasteiger partial charge >= 0.3 is 12.1 Å². The molecule has 3 amide bonds. The molecule has 1 saturated heterocycles. The fourth-order valence-corrected chi connectivity index (χ4v) is 9.34. The molecule has 2 N–H and O–H groups in total. The number of esters is 1. The molecule has 4 aliphatic heterocycles. The van der Waals surface area contributed by atoms with Gasteiger partial charge < -0.3 is 29.7 Å². The van der Waals surface area contributed by atoms with Crippen LogP contribution in [0.1, 0.15) is 113 Å². The first kappa shape index (κ1) is 49.5. The smallest absolute Gasteiger partial charge is 0.415 e. The van der Waals surface area contributed by atoms with E-state index >= 15 is 0 Å². The summed E-state index contributed by atoms with van der Waals surface area (Å²) >= 11 is 0. The SMILES string of the molecule is CC/C=C/C/C=C/C/C=C/C/C=C/C/C=C/C/C=C/CCC(=O)Nc1ccc(CN2CCN(C(=O)Oc3ccc4nc5c(c(CC)c4c3)CN3C(=O)C4=C(CC53)[C@@](O)(CC)C(=O)OC4)CC2)cc1. The average molecular weight is 922 g/mol. The second-order valence-electron chi connectivity index (χ2n) is 17.7. The molecule has 0 aliphatic carbocycles. The summed E-state index contributed by atoms with van der Waals surface area (Å²) in [7, 11) is 0. The number of pyridine rings is 1. The Hall–Kier alpha value is -6.37. The molecule has 4 aliphatic rings. The number of hydrogen-bond acceptors (Lipinski definition) is 9. The number of piperazine rings is 1. The number of carbonyl (C=O) groups is 4. The first-order chi connectivity index (χ1) is 33.1. The summed E-state index contributed by atoms with van der Waals surface area (Å²) in [6.45, 7) is 9.32. The maximum atomic E-state index is 13.8. The summed E-state index contributed by atoms with van der Waals surface area (Å²) in [5, 5.41) is 15.2. The average Bonchev–Trinajstić information content (AvgIpc) is 3.72. The van der Waals surface area contributed by atoms with Crippen molar-refractivity contribution < 1.29 is 33.8 Å². The quantitative estimate of drug-likeness (QED) is 0.0837. The molecule has 2 aromatic carbocycles. The standard InChI is InChI=1S/C56H67N5O7/c1-4-7-8-9-10-11-12-13-14-15-16-17-18-19-20-21-22-23-24-25-51(62)57-42-28-26-41(27-29-42)38-59-32-34-60(35-33-59)55(65)68-43-30-31-49-45(36-43)44(5-2)46-39-61-50(52(46)58-49)37-48-47(53(61)63)40-67-54(64)56(48,66)6-3/h7-8,10-11,13-14,16-17,19-20,22-23,26-31,36,50,66H,4-6,9,12,15,18,21,24-25,32-35,37-40H2,1-3H3,(H,57,62)/b8-7+,11-10+,14-13+,17-16+,20-19+,23-22+/t50?,56-/m0/s1. The molecule has 1 fully saturated rings. The zero-order valence-corrected chi connectivity index (χ0v) is 40.0. The molecule has 0 saturated carbocycles. The van der Waals surface area contributed by atoms with Crippen LogP contribution in [-0.2, 0) is 38.6 Å². The molecule has 0 bridgehead atoms. The van der Waals surface area contributed by atoms with Crippen molar-refractivity contribution in [3.05, 3.63) is 149 Å². The number of allylic oxidation sites excluding steroid dienone is 12. The van der Waals surface area contributed by atoms with Crippen LogP contribution in [0.2, 0.25) is 0 Å². The summed E-state index contributed by atoms with van der Waals surface area (Å²) in [5.74, 6) is -0.535. The lowest BCUT2D eigenvalue weighted by molar-refractivity contribution is -0.165. The minimum Gasteiger partial charge on any atom is -0.458 e. The number of aromatic nitrogens is 1. The van der Waals surface area contributed by atoms with Gasteiger partial charge in [0.25, 0.3) is 5.91 Å². The highest BCUT2D eigenvalue weighted by atomic mass is 16.6. The normalized spacial score (nSPS) is 20.0. The summed E-state index contributed by atoms with van der Waals surface area (Å²) in [4.78, 5) is 63.2. The highest BCUT2D eigenvalue weighted by Crippen LogP contribution is 2.48. The summed E-state index contributed by atoms with van der Waals surface area (Å²) in [5.41, 5.74) is 4.37. The zero-order valence-electron chi connectivity index (χ0n) is 40.0. The van der Waals surface area contributed by atoms with Gasteiger partial charge in [-0.05, 0) is 117 Å². The number of hydrogen-bond donors (Lipinski definition) is 2. The second kappa shape index (κ2) is 24.1. The van der Waals surface area contributed by atoms with Crippen LogP contribution in [0.3, 0.4) is 0 Å². The van der Waals surface area contributed by atoms with Crippen molar-refractivity contribution >= 4 is 40.5 Å². The molecule has 1 aromatic heterocycles. The maximum Gasteiger partial charge on any atom is 0.415 e. The number of fused-ring (bicyclic) bond motifs is 4. The highest BCUT2D eigenvalue weighted by Gasteiger charge is 2.52. The van der Waals surface area contributed by atoms with Crippen LogP contribution in [0.25, 0.3) is 10.9 Å². The first-order valence-electron chi connectivity index (χ1n) is 24.5. The number of amides is 3. The lowest BCUT2D eigenvalue weighted by Gasteiger charge is -2.41. The Labute approximate surface area is 401 Å². The van der Waals surface area contributed by atoms with Gasteiger partial charge in [0.1, 0.15) is 12.4 Å². The number of aliphatic hydroxyl groups is 1. The van der Waals surface area contributed by atoms with E-state index in [-0.39, 0.29) is 24.8 Å². The lowest BCUT2D eigenvalue weighted by Crippen LogP contribution is -2.51. The highest BCUT2D eigenvalue weighted by molar-refractivity contribution is 6.01. The minimum atomic E-state index is -1.82. The number of benzene rings is 2. The third-order valence-electron chi connectivity index (χ3n) is 13.2. The molecule has 2 atom stereocenters. The van der Waals surface area contributed by atoms with Gasteiger partial charge in [-0.25, -0.2) is 9.59 Å². The monoisotopic (exact) mass is 922 g/mol. The van der Waals surface area contributed by atoms with E-state index < -0.39 is 23.7 Å². The van der Waals surface area contributed by atoms with Gasteiger partial charge in [0, 0.05) is 56.8 Å². The minimum absolute atomic E-state index is 0.0114. The molecule has 5 heterocycles. The Morgan fingerprint density at radius 1 is 0.838 bits per heavy atom. The molecule has 0 radical (unpaired) electrons. The molecule has 12 nitrogen and oxygen atoms in total. The summed E-state index contributed by atoms with van der Waals surface area (Å²) in [6.07, 6.45) is 33.7. The van der Waals surface area contributed by atoms with Crippen molar-refractivity contribution in [2.45, 2.75) is 116 Å². The maximum absolute atomic E-state index is 13.8. The zero-order chi connectivity index (χ0) is 47.9. The van der Waals surface area contributed by atoms with Crippen molar-refractivity contribution in [2.24, 2.45) is 0 Å². The van der Waals surface area contributed by atoms with Crippen molar-refractivity contribution in [1.82, 2.24) is 19.7 Å². The number of nitrogens with one attached hydrogen (secondary N) is 1. The van der Waals surface area contributed by atoms with E-state index in [4.69, 9.17) is 14.5 Å². The Balaban J connectivity index is 0.803. The number of nitrogens with zero attached hydrogens (tertiary/aromatic N) is 4. The van der Waals surface area contributed by atoms with Crippen molar-refractivity contribution in [2.75, 3.05) is 38.1 Å². The predicted octanol–water partition coefficient (Wildman–Crippen LogP) is 10.3. The molecular weight excluding hydrogens is 855 g/mol. The van der Waals surface area contributed by atoms with Crippen LogP contribution >= 0.6 is 0 Å². The van der Waals surface area contributed by atoms with Gasteiger partial charge in [-0.15, -0.1) is 0 Å². The summed E-state index contributed by atoms with van der Waals surface area (Å²) in [6, 6.07) is 13.0. The van der Waals surface area contributed by atoms with E-state index in [0.29, 0.717) is 75.3 Å². The molecule has 12 heteroatoms. The summed E-state index contributed by atoms with van der Waals surface area (Å²) < 4.78 is 11.2. The number of rotatable bonds is 20. The van der Waals surface area contributed by atoms with Gasteiger partial charge in [0.2, 0.25) is 5.91 Å². The topological polar surface area (TPSA) is 142 Å². The first-order valence-corrected chi connectivity index (χ1v) is 24.5. The molecule has 7 rings (SSSR count). The van der Waals surface area contributed by atoms with Crippen molar-refractivity contribution in [3.63, 3.8) is 0 Å². The number of ether oxygens (including phenoxy) is 2. The van der Waals surface area contributed by atoms with E-state index in [2.05, 4.69) is 97.0 Å². The van der Waals surface area contributed by atoms with Gasteiger partial charge in [-0.2, -0.15) is 0 Å². The molecule has 0 spiro atoms. The molecular formula is C56H67N5O7. The van der Waals surface area contributed by atoms with Crippen molar-refractivity contribution in [1.29, 1.82) is 0 Å². The van der Waals surface area contributed by atoms with Gasteiger partial charge in [0.05, 0.1) is 22.8 Å². The third-order valence-corrected chi connectivity index (χ3v) is 13.2. The van der Waals surface area contributed by atoms with E-state index in [1.807, 2.05) is 36.4 Å². The van der Waals surface area contributed by atoms with E-state index in [1.54, 1.807) is 22.8 Å². The number of cyclic esters (lactones) is 1. The largest absolute Gasteiger partial charge is 0.458 e. The predicted molar refractivity (Wildman–Crippen MR) is 268 cm³/mol. The fraction of sp³-hybridized carbons (Fsp3) is 0.411. The van der Waals surface area contributed by atoms with Crippen LogP contribution in [0.15, 0.2) is 127 Å². The molecule has 1 unspecified atom stereocenters. The third kappa shape index (κ3) is 12.2. The Bertz CT molecular complexity index is 2510. The number of carbonyl (C=O) groups excluding carboxylic acids is 4. The Kier molecular flexibility index (Phi) is 17.5. The van der Waals surface area contributed by atoms with E-state index in [0.717, 1.165) is 84.0 Å². The molecule has 3 aromatic rings. The van der Waals surface area contributed by atoms with Crippen LogP contribution in [0.5, 0.6) is 5.75 Å². The van der Waals surface area contributed by atoms with Crippen LogP contribution in [-0.4, -0.2) is 87.1 Å². The van der Waals surface area contributed by atoms with Crippen LogP contribution in [0.4, 0.5) is 10.5 Å². The molecule has 68 heavy (non-hydrogen) atoms. The van der Waals surface area contributed by atoms with Crippen LogP contribution in [0, 0.1) is 0 Å². The van der Waals surface area contributed by atoms with Gasteiger partial charge in [0.15, 0.2) is 5.60 Å². The van der Waals surface area contributed by atoms with E-state index in [9.17, 15) is 24.3 Å². The Morgan fingerprint density at radius 3 is 2.09 bits per heavy atom. The molecule has 358 valence electrons. The van der Waals surface area contributed by atoms with Crippen molar-refractivity contribution in [3.8, 4) is 5.75 Å². The second-order valence-corrected chi connectivity index (χ2v) is 17.7. The van der Waals surface area contributed by atoms with E-state index in [1.165, 1.54) is 0 Å². The Morgan fingerprint density at radius 2 is 1.47 bits per heavy atom. The number of aryl methyl sites for hydroxylation is 1.